The fourth-order valence-electron chi connectivity index (χ4n) is 1.90. The van der Waals surface area contributed by atoms with Gasteiger partial charge in [-0.15, -0.1) is 0 Å². The van der Waals surface area contributed by atoms with Crippen LogP contribution in [0.4, 0.5) is 0 Å². The van der Waals surface area contributed by atoms with Crippen LogP contribution in [-0.4, -0.2) is 18.2 Å². The largest absolute Gasteiger partial charge is 0.481 e. The second-order valence-corrected chi connectivity index (χ2v) is 5.60. The quantitative estimate of drug-likeness (QED) is 0.772. The predicted octanol–water partition coefficient (Wildman–Crippen LogP) is 3.33. The molecule has 0 saturated carbocycles. The van der Waals surface area contributed by atoms with Crippen molar-refractivity contribution in [3.63, 3.8) is 0 Å². The van der Waals surface area contributed by atoms with Crippen LogP contribution < -0.4 is 4.74 Å². The number of benzene rings is 1. The molecule has 3 nitrogen and oxygen atoms in total. The Kier molecular flexibility index (Phi) is 4.38. The van der Waals surface area contributed by atoms with Crippen molar-refractivity contribution < 1.29 is 14.3 Å². The van der Waals surface area contributed by atoms with Gasteiger partial charge in [-0.3, -0.25) is 0 Å². The lowest BCUT2D eigenvalue weighted by Gasteiger charge is -2.20. The van der Waals surface area contributed by atoms with Crippen molar-refractivity contribution in [1.29, 1.82) is 0 Å². The molecule has 0 atom stereocenters. The smallest absolute Gasteiger partial charge is 0.344 e. The standard InChI is InChI=1S/C15H22O3/c1-10-7-11(2)14(12(3)8-10)17-9-13(16)18-15(4,5)6/h7-8H,9H2,1-6H3. The minimum absolute atomic E-state index is 0.0536. The molecule has 0 spiro atoms. The molecule has 1 aromatic carbocycles. The molecule has 0 amide bonds. The first kappa shape index (κ1) is 14.6. The van der Waals surface area contributed by atoms with E-state index in [4.69, 9.17) is 9.47 Å². The molecule has 1 rings (SSSR count). The van der Waals surface area contributed by atoms with E-state index in [1.807, 2.05) is 53.7 Å². The van der Waals surface area contributed by atoms with Gasteiger partial charge in [0.05, 0.1) is 0 Å². The maximum atomic E-state index is 11.6. The SMILES string of the molecule is Cc1cc(C)c(OCC(=O)OC(C)(C)C)c(C)c1. The third kappa shape index (κ3) is 4.40. The number of carbonyl (C=O) groups excluding carboxylic acids is 1. The highest BCUT2D eigenvalue weighted by molar-refractivity contribution is 5.71. The Labute approximate surface area is 109 Å². The molecule has 0 aliphatic heterocycles. The van der Waals surface area contributed by atoms with Gasteiger partial charge in [-0.2, -0.15) is 0 Å². The van der Waals surface area contributed by atoms with Crippen molar-refractivity contribution in [2.45, 2.75) is 47.1 Å². The topological polar surface area (TPSA) is 35.5 Å². The molecule has 0 bridgehead atoms. The van der Waals surface area contributed by atoms with Crippen molar-refractivity contribution >= 4 is 5.97 Å². The molecule has 0 N–H and O–H groups in total. The van der Waals surface area contributed by atoms with Gasteiger partial charge in [-0.05, 0) is 52.7 Å². The molecule has 0 aliphatic rings. The number of carbonyl (C=O) groups is 1. The number of ether oxygens (including phenoxy) is 2. The van der Waals surface area contributed by atoms with Crippen LogP contribution >= 0.6 is 0 Å². The molecule has 0 fully saturated rings. The molecule has 100 valence electrons. The summed E-state index contributed by atoms with van der Waals surface area (Å²) in [4.78, 5) is 11.6. The van der Waals surface area contributed by atoms with Gasteiger partial charge in [0, 0.05) is 0 Å². The second kappa shape index (κ2) is 5.42. The fourth-order valence-corrected chi connectivity index (χ4v) is 1.90. The minimum Gasteiger partial charge on any atom is -0.481 e. The molecule has 18 heavy (non-hydrogen) atoms. The summed E-state index contributed by atoms with van der Waals surface area (Å²) in [5, 5.41) is 0. The molecular formula is C15H22O3. The van der Waals surface area contributed by atoms with Gasteiger partial charge >= 0.3 is 5.97 Å². The van der Waals surface area contributed by atoms with Gasteiger partial charge in [0.15, 0.2) is 6.61 Å². The van der Waals surface area contributed by atoms with Crippen LogP contribution in [0.2, 0.25) is 0 Å². The Bertz CT molecular complexity index is 419. The van der Waals surface area contributed by atoms with Crippen LogP contribution in [0.1, 0.15) is 37.5 Å². The number of rotatable bonds is 3. The van der Waals surface area contributed by atoms with Gasteiger partial charge in [0.1, 0.15) is 11.4 Å². The summed E-state index contributed by atoms with van der Waals surface area (Å²) in [7, 11) is 0. The Morgan fingerprint density at radius 1 is 1.11 bits per heavy atom. The first-order valence-electron chi connectivity index (χ1n) is 6.11. The van der Waals surface area contributed by atoms with E-state index in [1.165, 1.54) is 5.56 Å². The van der Waals surface area contributed by atoms with Gasteiger partial charge in [0.25, 0.3) is 0 Å². The van der Waals surface area contributed by atoms with E-state index in [9.17, 15) is 4.79 Å². The average molecular weight is 250 g/mol. The van der Waals surface area contributed by atoms with Gasteiger partial charge < -0.3 is 9.47 Å². The molecule has 0 unspecified atom stereocenters. The highest BCUT2D eigenvalue weighted by Crippen LogP contribution is 2.24. The summed E-state index contributed by atoms with van der Waals surface area (Å²) in [5.74, 6) is 0.424. The van der Waals surface area contributed by atoms with E-state index in [0.717, 1.165) is 16.9 Å². The van der Waals surface area contributed by atoms with Crippen molar-refractivity contribution in [1.82, 2.24) is 0 Å². The molecule has 3 heteroatoms. The van der Waals surface area contributed by atoms with Gasteiger partial charge in [0.2, 0.25) is 0 Å². The number of hydrogen-bond acceptors (Lipinski definition) is 3. The Hall–Kier alpha value is -1.51. The summed E-state index contributed by atoms with van der Waals surface area (Å²) < 4.78 is 10.8. The van der Waals surface area contributed by atoms with Crippen LogP contribution in [0, 0.1) is 20.8 Å². The highest BCUT2D eigenvalue weighted by Gasteiger charge is 2.17. The van der Waals surface area contributed by atoms with Crippen molar-refractivity contribution in [2.24, 2.45) is 0 Å². The van der Waals surface area contributed by atoms with E-state index in [-0.39, 0.29) is 12.6 Å². The van der Waals surface area contributed by atoms with Crippen molar-refractivity contribution in [2.75, 3.05) is 6.61 Å². The van der Waals surface area contributed by atoms with Crippen LogP contribution in [0.3, 0.4) is 0 Å². The Balaban J connectivity index is 2.67. The molecule has 1 aromatic rings. The zero-order chi connectivity index (χ0) is 13.9. The first-order valence-corrected chi connectivity index (χ1v) is 6.11. The minimum atomic E-state index is -0.474. The Morgan fingerprint density at radius 2 is 1.61 bits per heavy atom. The fraction of sp³-hybridized carbons (Fsp3) is 0.533. The lowest BCUT2D eigenvalue weighted by molar-refractivity contribution is -0.157. The van der Waals surface area contributed by atoms with Crippen molar-refractivity contribution in [3.05, 3.63) is 28.8 Å². The monoisotopic (exact) mass is 250 g/mol. The predicted molar refractivity (Wildman–Crippen MR) is 72.0 cm³/mol. The van der Waals surface area contributed by atoms with Crippen molar-refractivity contribution in [3.8, 4) is 5.75 Å². The summed E-state index contributed by atoms with van der Waals surface area (Å²) >= 11 is 0. The summed E-state index contributed by atoms with van der Waals surface area (Å²) in [6.07, 6.45) is 0. The zero-order valence-corrected chi connectivity index (χ0v) is 12.1. The van der Waals surface area contributed by atoms with Gasteiger partial charge in [-0.1, -0.05) is 17.7 Å². The lowest BCUT2D eigenvalue weighted by Crippen LogP contribution is -2.27. The van der Waals surface area contributed by atoms with E-state index in [1.54, 1.807) is 0 Å². The summed E-state index contributed by atoms with van der Waals surface area (Å²) in [6, 6.07) is 4.08. The Morgan fingerprint density at radius 3 is 2.06 bits per heavy atom. The second-order valence-electron chi connectivity index (χ2n) is 5.60. The number of aryl methyl sites for hydroxylation is 3. The van der Waals surface area contributed by atoms with E-state index >= 15 is 0 Å². The van der Waals surface area contributed by atoms with E-state index in [2.05, 4.69) is 0 Å². The normalized spacial score (nSPS) is 11.2. The van der Waals surface area contributed by atoms with Gasteiger partial charge in [-0.25, -0.2) is 4.79 Å². The molecular weight excluding hydrogens is 228 g/mol. The van der Waals surface area contributed by atoms with E-state index < -0.39 is 5.60 Å². The molecule has 0 heterocycles. The highest BCUT2D eigenvalue weighted by atomic mass is 16.6. The molecule has 0 radical (unpaired) electrons. The van der Waals surface area contributed by atoms with Crippen LogP contribution in [0.15, 0.2) is 12.1 Å². The summed E-state index contributed by atoms with van der Waals surface area (Å²) in [5.41, 5.74) is 2.79. The average Bonchev–Trinajstić information content (AvgIpc) is 2.12. The number of hydrogen-bond donors (Lipinski definition) is 0. The maximum Gasteiger partial charge on any atom is 0.344 e. The summed E-state index contributed by atoms with van der Waals surface area (Å²) in [6.45, 7) is 11.5. The van der Waals surface area contributed by atoms with Crippen LogP contribution in [0.25, 0.3) is 0 Å². The molecule has 0 aliphatic carbocycles. The molecule has 0 aromatic heterocycles. The van der Waals surface area contributed by atoms with Crippen LogP contribution in [-0.2, 0) is 9.53 Å². The number of esters is 1. The third-order valence-corrected chi connectivity index (χ3v) is 2.36. The molecule has 0 saturated heterocycles. The maximum absolute atomic E-state index is 11.6. The van der Waals surface area contributed by atoms with E-state index in [0.29, 0.717) is 0 Å². The zero-order valence-electron chi connectivity index (χ0n) is 12.1. The first-order chi connectivity index (χ1) is 8.19. The lowest BCUT2D eigenvalue weighted by atomic mass is 10.1. The van der Waals surface area contributed by atoms with Crippen LogP contribution in [0.5, 0.6) is 5.75 Å². The third-order valence-electron chi connectivity index (χ3n) is 2.36.